The summed E-state index contributed by atoms with van der Waals surface area (Å²) in [6, 6.07) is 5.81. The van der Waals surface area contributed by atoms with Gasteiger partial charge in [-0.25, -0.2) is 0 Å². The average molecular weight is 242 g/mol. The number of hydrogen-bond acceptors (Lipinski definition) is 3. The lowest BCUT2D eigenvalue weighted by molar-refractivity contribution is -0.0781. The van der Waals surface area contributed by atoms with E-state index >= 15 is 0 Å². The lowest BCUT2D eigenvalue weighted by Crippen LogP contribution is -2.59. The molecule has 2 N–H and O–H groups in total. The third-order valence-electron chi connectivity index (χ3n) is 2.93. The number of aryl methyl sites for hydroxylation is 1. The molecule has 3 atom stereocenters. The van der Waals surface area contributed by atoms with E-state index in [4.69, 9.17) is 26.8 Å². The third-order valence-corrected chi connectivity index (χ3v) is 3.23. The Morgan fingerprint density at radius 3 is 2.75 bits per heavy atom. The highest BCUT2D eigenvalue weighted by molar-refractivity contribution is 6.32. The first-order valence-electron chi connectivity index (χ1n) is 5.33. The second-order valence-electron chi connectivity index (χ2n) is 4.19. The minimum atomic E-state index is -0.0302. The molecule has 3 nitrogen and oxygen atoms in total. The van der Waals surface area contributed by atoms with Crippen LogP contribution in [0.25, 0.3) is 0 Å². The van der Waals surface area contributed by atoms with Crippen LogP contribution in [0.5, 0.6) is 5.75 Å². The van der Waals surface area contributed by atoms with Crippen LogP contribution in [0.15, 0.2) is 18.2 Å². The van der Waals surface area contributed by atoms with E-state index in [2.05, 4.69) is 0 Å². The van der Waals surface area contributed by atoms with Gasteiger partial charge in [-0.3, -0.25) is 0 Å². The number of benzene rings is 1. The monoisotopic (exact) mass is 241 g/mol. The number of nitrogens with two attached hydrogens (primary N) is 1. The zero-order valence-corrected chi connectivity index (χ0v) is 10.2. The molecule has 3 unspecified atom stereocenters. The fraction of sp³-hybridized carbons (Fsp3) is 0.500. The highest BCUT2D eigenvalue weighted by atomic mass is 35.5. The SMILES string of the molecule is COC1C(N)CC1Oc1ccc(C)cc1Cl. The van der Waals surface area contributed by atoms with Crippen molar-refractivity contribution in [3.8, 4) is 5.75 Å². The second-order valence-corrected chi connectivity index (χ2v) is 4.60. The van der Waals surface area contributed by atoms with Gasteiger partial charge in [0.15, 0.2) is 0 Å². The van der Waals surface area contributed by atoms with E-state index in [1.807, 2.05) is 25.1 Å². The van der Waals surface area contributed by atoms with Gasteiger partial charge >= 0.3 is 0 Å². The van der Waals surface area contributed by atoms with E-state index in [9.17, 15) is 0 Å². The Labute approximate surface area is 100 Å². The summed E-state index contributed by atoms with van der Waals surface area (Å²) in [5, 5.41) is 0.635. The van der Waals surface area contributed by atoms with E-state index in [1.54, 1.807) is 7.11 Å². The minimum Gasteiger partial charge on any atom is -0.486 e. The van der Waals surface area contributed by atoms with Crippen molar-refractivity contribution in [2.24, 2.45) is 5.73 Å². The van der Waals surface area contributed by atoms with Gasteiger partial charge in [0.25, 0.3) is 0 Å². The molecule has 0 saturated heterocycles. The van der Waals surface area contributed by atoms with Crippen molar-refractivity contribution in [1.29, 1.82) is 0 Å². The average Bonchev–Trinajstić information content (AvgIpc) is 2.21. The van der Waals surface area contributed by atoms with E-state index in [0.717, 1.165) is 12.0 Å². The van der Waals surface area contributed by atoms with Crippen LogP contribution < -0.4 is 10.5 Å². The Hall–Kier alpha value is -0.770. The molecule has 0 spiro atoms. The van der Waals surface area contributed by atoms with Gasteiger partial charge in [0.2, 0.25) is 0 Å². The topological polar surface area (TPSA) is 44.5 Å². The van der Waals surface area contributed by atoms with Gasteiger partial charge in [-0.1, -0.05) is 17.7 Å². The molecule has 1 saturated carbocycles. The number of methoxy groups -OCH3 is 1. The van der Waals surface area contributed by atoms with Gasteiger partial charge in [0, 0.05) is 19.6 Å². The molecule has 1 fully saturated rings. The molecule has 0 heterocycles. The fourth-order valence-corrected chi connectivity index (χ4v) is 2.20. The van der Waals surface area contributed by atoms with Crippen molar-refractivity contribution in [3.05, 3.63) is 28.8 Å². The summed E-state index contributed by atoms with van der Waals surface area (Å²) in [5.74, 6) is 0.700. The second kappa shape index (κ2) is 4.62. The summed E-state index contributed by atoms with van der Waals surface area (Å²) in [7, 11) is 1.65. The molecule has 1 aromatic carbocycles. The molecule has 1 aliphatic rings. The lowest BCUT2D eigenvalue weighted by atomic mass is 9.86. The Kier molecular flexibility index (Phi) is 3.38. The van der Waals surface area contributed by atoms with Gasteiger partial charge in [-0.2, -0.15) is 0 Å². The first-order valence-corrected chi connectivity index (χ1v) is 5.71. The molecular weight excluding hydrogens is 226 g/mol. The van der Waals surface area contributed by atoms with E-state index in [-0.39, 0.29) is 18.2 Å². The molecule has 0 radical (unpaired) electrons. The Bertz CT molecular complexity index is 383. The van der Waals surface area contributed by atoms with Crippen molar-refractivity contribution in [3.63, 3.8) is 0 Å². The number of halogens is 1. The van der Waals surface area contributed by atoms with E-state index in [0.29, 0.717) is 10.8 Å². The van der Waals surface area contributed by atoms with Crippen molar-refractivity contribution in [2.75, 3.05) is 7.11 Å². The van der Waals surface area contributed by atoms with Crippen LogP contribution in [-0.4, -0.2) is 25.4 Å². The van der Waals surface area contributed by atoms with Crippen LogP contribution in [0.3, 0.4) is 0 Å². The molecule has 0 bridgehead atoms. The summed E-state index contributed by atoms with van der Waals surface area (Å²) in [6.07, 6.45) is 0.792. The molecule has 0 amide bonds. The van der Waals surface area contributed by atoms with Crippen molar-refractivity contribution in [1.82, 2.24) is 0 Å². The number of ether oxygens (including phenoxy) is 2. The largest absolute Gasteiger partial charge is 0.486 e. The van der Waals surface area contributed by atoms with E-state index < -0.39 is 0 Å². The number of rotatable bonds is 3. The fourth-order valence-electron chi connectivity index (χ4n) is 1.92. The Morgan fingerprint density at radius 1 is 1.44 bits per heavy atom. The van der Waals surface area contributed by atoms with Crippen LogP contribution >= 0.6 is 11.6 Å². The molecule has 4 heteroatoms. The predicted octanol–water partition coefficient (Wildman–Crippen LogP) is 2.14. The van der Waals surface area contributed by atoms with Gasteiger partial charge < -0.3 is 15.2 Å². The maximum atomic E-state index is 6.08. The molecule has 0 aliphatic heterocycles. The highest BCUT2D eigenvalue weighted by Gasteiger charge is 2.41. The quantitative estimate of drug-likeness (QED) is 0.882. The summed E-state index contributed by atoms with van der Waals surface area (Å²) in [5.41, 5.74) is 6.92. The first kappa shape index (κ1) is 11.7. The molecular formula is C12H16ClNO2. The van der Waals surface area contributed by atoms with Gasteiger partial charge in [0.05, 0.1) is 5.02 Å². The van der Waals surface area contributed by atoms with Crippen molar-refractivity contribution in [2.45, 2.75) is 31.6 Å². The van der Waals surface area contributed by atoms with Crippen LogP contribution in [0.4, 0.5) is 0 Å². The molecule has 1 aliphatic carbocycles. The van der Waals surface area contributed by atoms with Crippen LogP contribution in [0.1, 0.15) is 12.0 Å². The standard InChI is InChI=1S/C12H16ClNO2/c1-7-3-4-10(8(13)5-7)16-11-6-9(14)12(11)15-2/h3-5,9,11-12H,6,14H2,1-2H3. The first-order chi connectivity index (χ1) is 7.61. The zero-order valence-electron chi connectivity index (χ0n) is 9.44. The predicted molar refractivity (Wildman–Crippen MR) is 64.0 cm³/mol. The van der Waals surface area contributed by atoms with Crippen molar-refractivity contribution < 1.29 is 9.47 Å². The molecule has 2 rings (SSSR count). The molecule has 0 aromatic heterocycles. The van der Waals surface area contributed by atoms with E-state index in [1.165, 1.54) is 0 Å². The summed E-state index contributed by atoms with van der Waals surface area (Å²) >= 11 is 6.08. The smallest absolute Gasteiger partial charge is 0.138 e. The molecule has 88 valence electrons. The Balaban J connectivity index is 2.04. The van der Waals surface area contributed by atoms with Crippen LogP contribution in [0, 0.1) is 6.92 Å². The summed E-state index contributed by atoms with van der Waals surface area (Å²) < 4.78 is 11.0. The summed E-state index contributed by atoms with van der Waals surface area (Å²) in [6.45, 7) is 1.99. The number of hydrogen-bond donors (Lipinski definition) is 1. The van der Waals surface area contributed by atoms with Crippen LogP contribution in [-0.2, 0) is 4.74 Å². The van der Waals surface area contributed by atoms with Gasteiger partial charge in [-0.05, 0) is 24.6 Å². The zero-order chi connectivity index (χ0) is 11.7. The van der Waals surface area contributed by atoms with Crippen LogP contribution in [0.2, 0.25) is 5.02 Å². The maximum Gasteiger partial charge on any atom is 0.138 e. The van der Waals surface area contributed by atoms with Gasteiger partial charge in [0.1, 0.15) is 18.0 Å². The normalized spacial score (nSPS) is 28.6. The lowest BCUT2D eigenvalue weighted by Gasteiger charge is -2.41. The Morgan fingerprint density at radius 2 is 2.19 bits per heavy atom. The molecule has 16 heavy (non-hydrogen) atoms. The van der Waals surface area contributed by atoms with Crippen molar-refractivity contribution >= 4 is 11.6 Å². The maximum absolute atomic E-state index is 6.08. The minimum absolute atomic E-state index is 0.0141. The molecule has 1 aromatic rings. The highest BCUT2D eigenvalue weighted by Crippen LogP contribution is 2.32. The van der Waals surface area contributed by atoms with Gasteiger partial charge in [-0.15, -0.1) is 0 Å². The summed E-state index contributed by atoms with van der Waals surface area (Å²) in [4.78, 5) is 0. The third kappa shape index (κ3) is 2.17.